The van der Waals surface area contributed by atoms with Crippen molar-refractivity contribution in [3.8, 4) is 5.75 Å². The molecule has 0 radical (unpaired) electrons. The molecule has 2 aromatic rings. The summed E-state index contributed by atoms with van der Waals surface area (Å²) in [5.41, 5.74) is 3.73. The third-order valence-corrected chi connectivity index (χ3v) is 3.71. The highest BCUT2D eigenvalue weighted by molar-refractivity contribution is 6.22. The fourth-order valence-corrected chi connectivity index (χ4v) is 2.49. The molecule has 19 heavy (non-hydrogen) atoms. The first-order valence-corrected chi connectivity index (χ1v) is 6.51. The summed E-state index contributed by atoms with van der Waals surface area (Å²) < 4.78 is 18.6. The second-order valence-electron chi connectivity index (χ2n) is 4.59. The topological polar surface area (TPSA) is 9.23 Å². The highest BCUT2D eigenvalue weighted by Crippen LogP contribution is 2.33. The summed E-state index contributed by atoms with van der Waals surface area (Å²) in [6, 6.07) is 10.5. The minimum absolute atomic E-state index is 0.267. The van der Waals surface area contributed by atoms with Gasteiger partial charge >= 0.3 is 0 Å². The standard InChI is InChI=1S/C16H16ClFO/c1-10-4-6-13(18)9-14(10)16(17)12-5-7-15(19-3)11(2)8-12/h4-9,16H,1-3H3. The van der Waals surface area contributed by atoms with E-state index >= 15 is 0 Å². The maximum absolute atomic E-state index is 13.3. The molecule has 2 aromatic carbocycles. The normalized spacial score (nSPS) is 12.3. The second kappa shape index (κ2) is 5.62. The summed E-state index contributed by atoms with van der Waals surface area (Å²) in [6.07, 6.45) is 0. The van der Waals surface area contributed by atoms with Crippen molar-refractivity contribution in [2.24, 2.45) is 0 Å². The predicted octanol–water partition coefficient (Wildman–Crippen LogP) is 4.78. The molecule has 0 aromatic heterocycles. The Bertz CT molecular complexity index is 595. The quantitative estimate of drug-likeness (QED) is 0.734. The van der Waals surface area contributed by atoms with Gasteiger partial charge in [0.15, 0.2) is 0 Å². The molecule has 2 rings (SSSR count). The van der Waals surface area contributed by atoms with E-state index in [0.717, 1.165) is 28.0 Å². The third-order valence-electron chi connectivity index (χ3n) is 3.23. The molecule has 0 saturated carbocycles. The summed E-state index contributed by atoms with van der Waals surface area (Å²) in [6.45, 7) is 3.89. The van der Waals surface area contributed by atoms with Crippen LogP contribution < -0.4 is 4.74 Å². The van der Waals surface area contributed by atoms with Gasteiger partial charge in [-0.1, -0.05) is 18.2 Å². The lowest BCUT2D eigenvalue weighted by Gasteiger charge is -2.15. The van der Waals surface area contributed by atoms with E-state index in [1.165, 1.54) is 12.1 Å². The Morgan fingerprint density at radius 1 is 1.05 bits per heavy atom. The number of methoxy groups -OCH3 is 1. The molecule has 100 valence electrons. The van der Waals surface area contributed by atoms with Crippen molar-refractivity contribution in [1.29, 1.82) is 0 Å². The van der Waals surface area contributed by atoms with Crippen molar-refractivity contribution in [1.82, 2.24) is 0 Å². The number of rotatable bonds is 3. The summed E-state index contributed by atoms with van der Waals surface area (Å²) >= 11 is 6.47. The summed E-state index contributed by atoms with van der Waals surface area (Å²) in [5.74, 6) is 0.556. The van der Waals surface area contributed by atoms with Crippen molar-refractivity contribution in [2.45, 2.75) is 19.2 Å². The predicted molar refractivity (Wildman–Crippen MR) is 76.6 cm³/mol. The molecular weight excluding hydrogens is 263 g/mol. The van der Waals surface area contributed by atoms with Gasteiger partial charge in [0.25, 0.3) is 0 Å². The van der Waals surface area contributed by atoms with Gasteiger partial charge in [0.1, 0.15) is 11.6 Å². The smallest absolute Gasteiger partial charge is 0.123 e. The molecule has 0 aliphatic heterocycles. The Labute approximate surface area is 118 Å². The Morgan fingerprint density at radius 2 is 1.79 bits per heavy atom. The fourth-order valence-electron chi connectivity index (χ4n) is 2.12. The van der Waals surface area contributed by atoms with Crippen molar-refractivity contribution >= 4 is 11.6 Å². The first kappa shape index (κ1) is 13.9. The van der Waals surface area contributed by atoms with Crippen LogP contribution in [0.25, 0.3) is 0 Å². The number of alkyl halides is 1. The average molecular weight is 279 g/mol. The first-order valence-electron chi connectivity index (χ1n) is 6.07. The minimum atomic E-state index is -0.361. The summed E-state index contributed by atoms with van der Waals surface area (Å²) in [7, 11) is 1.64. The van der Waals surface area contributed by atoms with Crippen molar-refractivity contribution in [3.63, 3.8) is 0 Å². The van der Waals surface area contributed by atoms with E-state index in [0.29, 0.717) is 0 Å². The summed E-state index contributed by atoms with van der Waals surface area (Å²) in [5, 5.41) is -0.361. The number of benzene rings is 2. The zero-order valence-corrected chi connectivity index (χ0v) is 12.0. The molecule has 0 heterocycles. The van der Waals surface area contributed by atoms with E-state index in [-0.39, 0.29) is 11.2 Å². The van der Waals surface area contributed by atoms with Crippen molar-refractivity contribution in [2.75, 3.05) is 7.11 Å². The molecule has 0 aliphatic carbocycles. The SMILES string of the molecule is COc1ccc(C(Cl)c2cc(F)ccc2C)cc1C. The van der Waals surface area contributed by atoms with Crippen molar-refractivity contribution < 1.29 is 9.13 Å². The molecule has 1 atom stereocenters. The molecule has 0 aliphatic rings. The van der Waals surface area contributed by atoms with Gasteiger partial charge in [0, 0.05) is 0 Å². The van der Waals surface area contributed by atoms with Crippen LogP contribution in [0.3, 0.4) is 0 Å². The van der Waals surface area contributed by atoms with Crippen LogP contribution in [0.4, 0.5) is 4.39 Å². The zero-order valence-electron chi connectivity index (χ0n) is 11.2. The largest absolute Gasteiger partial charge is 0.496 e. The molecule has 0 spiro atoms. The van der Waals surface area contributed by atoms with Crippen LogP contribution >= 0.6 is 11.6 Å². The van der Waals surface area contributed by atoms with Gasteiger partial charge < -0.3 is 4.74 Å². The molecule has 0 fully saturated rings. The van der Waals surface area contributed by atoms with E-state index in [4.69, 9.17) is 16.3 Å². The van der Waals surface area contributed by atoms with Gasteiger partial charge in [0.05, 0.1) is 12.5 Å². The molecule has 0 N–H and O–H groups in total. The molecule has 3 heteroatoms. The van der Waals surface area contributed by atoms with Gasteiger partial charge in [-0.15, -0.1) is 11.6 Å². The molecule has 1 nitrogen and oxygen atoms in total. The van der Waals surface area contributed by atoms with Gasteiger partial charge in [-0.3, -0.25) is 0 Å². The maximum atomic E-state index is 13.3. The molecular formula is C16H16ClFO. The average Bonchev–Trinajstić information content (AvgIpc) is 2.40. The number of halogens is 2. The van der Waals surface area contributed by atoms with Crippen molar-refractivity contribution in [3.05, 3.63) is 64.5 Å². The zero-order chi connectivity index (χ0) is 14.0. The molecule has 0 saturated heterocycles. The van der Waals surface area contributed by atoms with E-state index < -0.39 is 0 Å². The van der Waals surface area contributed by atoms with Crippen LogP contribution in [-0.2, 0) is 0 Å². The third kappa shape index (κ3) is 2.90. The van der Waals surface area contributed by atoms with Crippen LogP contribution in [0.15, 0.2) is 36.4 Å². The van der Waals surface area contributed by atoms with Crippen LogP contribution in [0.5, 0.6) is 5.75 Å². The van der Waals surface area contributed by atoms with E-state index in [1.54, 1.807) is 13.2 Å². The lowest BCUT2D eigenvalue weighted by molar-refractivity contribution is 0.411. The van der Waals surface area contributed by atoms with Gasteiger partial charge in [0.2, 0.25) is 0 Å². The van der Waals surface area contributed by atoms with Gasteiger partial charge in [-0.25, -0.2) is 4.39 Å². The lowest BCUT2D eigenvalue weighted by atomic mass is 9.98. The monoisotopic (exact) mass is 278 g/mol. The molecule has 1 unspecified atom stereocenters. The maximum Gasteiger partial charge on any atom is 0.123 e. The van der Waals surface area contributed by atoms with E-state index in [1.807, 2.05) is 32.0 Å². The van der Waals surface area contributed by atoms with Crippen LogP contribution in [0.2, 0.25) is 0 Å². The van der Waals surface area contributed by atoms with Crippen LogP contribution in [0, 0.1) is 19.7 Å². The second-order valence-corrected chi connectivity index (χ2v) is 5.03. The van der Waals surface area contributed by atoms with Gasteiger partial charge in [-0.2, -0.15) is 0 Å². The number of aryl methyl sites for hydroxylation is 2. The lowest BCUT2D eigenvalue weighted by Crippen LogP contribution is -1.98. The molecule has 0 amide bonds. The highest BCUT2D eigenvalue weighted by atomic mass is 35.5. The first-order chi connectivity index (χ1) is 9.02. The highest BCUT2D eigenvalue weighted by Gasteiger charge is 2.15. The molecule has 0 bridgehead atoms. The van der Waals surface area contributed by atoms with Crippen LogP contribution in [-0.4, -0.2) is 7.11 Å². The summed E-state index contributed by atoms with van der Waals surface area (Å²) in [4.78, 5) is 0. The number of hydrogen-bond acceptors (Lipinski definition) is 1. The fraction of sp³-hybridized carbons (Fsp3) is 0.250. The van der Waals surface area contributed by atoms with Gasteiger partial charge in [-0.05, 0) is 54.3 Å². The number of hydrogen-bond donors (Lipinski definition) is 0. The van der Waals surface area contributed by atoms with Crippen LogP contribution in [0.1, 0.15) is 27.6 Å². The Balaban J connectivity index is 2.41. The van der Waals surface area contributed by atoms with E-state index in [2.05, 4.69) is 0 Å². The minimum Gasteiger partial charge on any atom is -0.496 e. The van der Waals surface area contributed by atoms with E-state index in [9.17, 15) is 4.39 Å². The Hall–Kier alpha value is -1.54. The number of ether oxygens (including phenoxy) is 1. The Morgan fingerprint density at radius 3 is 2.42 bits per heavy atom. The Kier molecular flexibility index (Phi) is 4.11.